The van der Waals surface area contributed by atoms with Crippen LogP contribution in [-0.2, 0) is 4.57 Å². The van der Waals surface area contributed by atoms with Crippen LogP contribution >= 0.6 is 7.80 Å². The summed E-state index contributed by atoms with van der Waals surface area (Å²) in [6.07, 6.45) is 0. The lowest BCUT2D eigenvalue weighted by Crippen LogP contribution is -2.17. The molecule has 0 N–H and O–H groups in total. The Morgan fingerprint density at radius 1 is 0.750 bits per heavy atom. The SMILES string of the molecule is COc1cc(OC)c(C(=O)c2ccccc2[P+](=O)C(=O)c2c(C)cccc2C)c(OC)c1. The molecule has 1 unspecified atom stereocenters. The van der Waals surface area contributed by atoms with Crippen LogP contribution in [0.15, 0.2) is 54.6 Å². The molecule has 164 valence electrons. The highest BCUT2D eigenvalue weighted by molar-refractivity contribution is 7.71. The van der Waals surface area contributed by atoms with E-state index < -0.39 is 19.1 Å². The van der Waals surface area contributed by atoms with E-state index in [9.17, 15) is 14.2 Å². The Morgan fingerprint density at radius 2 is 1.31 bits per heavy atom. The number of methoxy groups -OCH3 is 3. The van der Waals surface area contributed by atoms with Gasteiger partial charge < -0.3 is 14.2 Å². The van der Waals surface area contributed by atoms with Crippen molar-refractivity contribution in [3.05, 3.63) is 82.4 Å². The van der Waals surface area contributed by atoms with Gasteiger partial charge in [0.15, 0.2) is 0 Å². The lowest BCUT2D eigenvalue weighted by molar-refractivity contribution is 0.103. The van der Waals surface area contributed by atoms with Gasteiger partial charge in [0.05, 0.1) is 32.5 Å². The minimum atomic E-state index is -2.54. The summed E-state index contributed by atoms with van der Waals surface area (Å²) in [4.78, 5) is 26.7. The lowest BCUT2D eigenvalue weighted by atomic mass is 10.0. The maximum atomic E-state index is 13.6. The number of carbonyl (C=O) groups excluding carboxylic acids is 2. The molecule has 0 bridgehead atoms. The summed E-state index contributed by atoms with van der Waals surface area (Å²) in [6, 6.07) is 15.0. The van der Waals surface area contributed by atoms with E-state index in [1.54, 1.807) is 62.4 Å². The van der Waals surface area contributed by atoms with E-state index >= 15 is 0 Å². The van der Waals surface area contributed by atoms with Gasteiger partial charge in [0, 0.05) is 12.1 Å². The highest BCUT2D eigenvalue weighted by atomic mass is 31.1. The number of hydrogen-bond acceptors (Lipinski definition) is 6. The zero-order chi connectivity index (χ0) is 23.4. The highest BCUT2D eigenvalue weighted by Gasteiger charge is 2.39. The first kappa shape index (κ1) is 23.2. The second-order valence-corrected chi connectivity index (χ2v) is 8.60. The molecule has 0 amide bonds. The molecular formula is C25H24O6P+. The average molecular weight is 451 g/mol. The van der Waals surface area contributed by atoms with Crippen molar-refractivity contribution in [1.29, 1.82) is 0 Å². The van der Waals surface area contributed by atoms with E-state index in [1.807, 2.05) is 6.07 Å². The van der Waals surface area contributed by atoms with Crippen molar-refractivity contribution in [3.8, 4) is 17.2 Å². The van der Waals surface area contributed by atoms with Crippen LogP contribution in [0.5, 0.6) is 17.2 Å². The van der Waals surface area contributed by atoms with Crippen LogP contribution in [-0.4, -0.2) is 32.6 Å². The van der Waals surface area contributed by atoms with Crippen molar-refractivity contribution < 1.29 is 28.4 Å². The number of rotatable bonds is 8. The number of carbonyl (C=O) groups is 2. The third kappa shape index (κ3) is 4.27. The normalized spacial score (nSPS) is 11.0. The van der Waals surface area contributed by atoms with Gasteiger partial charge in [0.1, 0.15) is 22.8 Å². The van der Waals surface area contributed by atoms with Crippen molar-refractivity contribution >= 4 is 24.4 Å². The summed E-state index contributed by atoms with van der Waals surface area (Å²) >= 11 is 0. The summed E-state index contributed by atoms with van der Waals surface area (Å²) in [5.41, 5.74) is 1.68. The van der Waals surface area contributed by atoms with Crippen LogP contribution in [0.4, 0.5) is 0 Å². The topological polar surface area (TPSA) is 78.9 Å². The minimum absolute atomic E-state index is 0.148. The Hall–Kier alpha value is -3.50. The van der Waals surface area contributed by atoms with Gasteiger partial charge in [-0.3, -0.25) is 4.79 Å². The summed E-state index contributed by atoms with van der Waals surface area (Å²) in [5, 5.41) is 0.167. The molecule has 0 aromatic heterocycles. The Morgan fingerprint density at radius 3 is 1.84 bits per heavy atom. The summed E-state index contributed by atoms with van der Waals surface area (Å²) in [6.45, 7) is 3.60. The van der Waals surface area contributed by atoms with E-state index in [1.165, 1.54) is 21.3 Å². The molecule has 0 aliphatic heterocycles. The van der Waals surface area contributed by atoms with Gasteiger partial charge in [-0.25, -0.2) is 4.79 Å². The highest BCUT2D eigenvalue weighted by Crippen LogP contribution is 2.37. The molecule has 0 saturated carbocycles. The monoisotopic (exact) mass is 451 g/mol. The molecule has 0 radical (unpaired) electrons. The Bertz CT molecular complexity index is 1170. The van der Waals surface area contributed by atoms with Crippen molar-refractivity contribution in [3.63, 3.8) is 0 Å². The molecule has 1 atom stereocenters. The first-order valence-corrected chi connectivity index (χ1v) is 11.1. The van der Waals surface area contributed by atoms with Gasteiger partial charge in [-0.05, 0) is 37.1 Å². The van der Waals surface area contributed by atoms with Crippen LogP contribution in [0, 0.1) is 13.8 Å². The van der Waals surface area contributed by atoms with Crippen LogP contribution in [0.25, 0.3) is 0 Å². The molecular weight excluding hydrogens is 427 g/mol. The van der Waals surface area contributed by atoms with Crippen LogP contribution in [0.2, 0.25) is 0 Å². The molecule has 6 nitrogen and oxygen atoms in total. The largest absolute Gasteiger partial charge is 0.496 e. The summed E-state index contributed by atoms with van der Waals surface area (Å²) in [5.74, 6) is 0.490. The predicted octanol–water partition coefficient (Wildman–Crippen LogP) is 4.85. The number of aryl methyl sites for hydroxylation is 2. The smallest absolute Gasteiger partial charge is 0.459 e. The van der Waals surface area contributed by atoms with E-state index in [-0.39, 0.29) is 27.9 Å². The molecule has 0 aliphatic rings. The van der Waals surface area contributed by atoms with Gasteiger partial charge in [-0.15, -0.1) is 0 Å². The van der Waals surface area contributed by atoms with Gasteiger partial charge in [-0.2, -0.15) is 0 Å². The van der Waals surface area contributed by atoms with Crippen LogP contribution < -0.4 is 19.5 Å². The van der Waals surface area contributed by atoms with Crippen molar-refractivity contribution in [1.82, 2.24) is 0 Å². The molecule has 0 spiro atoms. The minimum Gasteiger partial charge on any atom is -0.496 e. The van der Waals surface area contributed by atoms with Crippen molar-refractivity contribution in [2.75, 3.05) is 21.3 Å². The standard InChI is InChI=1S/C25H24O6P/c1-15-9-8-10-16(2)22(15)25(27)32(28)21-12-7-6-11-18(21)24(26)23-19(30-4)13-17(29-3)14-20(23)31-5/h6-14H,1-5H3/q+1. The molecule has 7 heteroatoms. The third-order valence-corrected chi connectivity index (χ3v) is 6.61. The molecule has 0 aliphatic carbocycles. The molecule has 32 heavy (non-hydrogen) atoms. The Kier molecular flexibility index (Phi) is 7.06. The molecule has 0 fully saturated rings. The second-order valence-electron chi connectivity index (χ2n) is 7.12. The number of ketones is 1. The van der Waals surface area contributed by atoms with Crippen LogP contribution in [0.1, 0.15) is 37.4 Å². The predicted molar refractivity (Wildman–Crippen MR) is 123 cm³/mol. The van der Waals surface area contributed by atoms with Gasteiger partial charge in [0.25, 0.3) is 0 Å². The molecule has 0 heterocycles. The van der Waals surface area contributed by atoms with Gasteiger partial charge in [-0.1, -0.05) is 34.9 Å². The van der Waals surface area contributed by atoms with Gasteiger partial charge >= 0.3 is 13.3 Å². The fourth-order valence-corrected chi connectivity index (χ4v) is 4.96. The average Bonchev–Trinajstić information content (AvgIpc) is 2.81. The van der Waals surface area contributed by atoms with Gasteiger partial charge in [0.2, 0.25) is 11.1 Å². The van der Waals surface area contributed by atoms with E-state index in [2.05, 4.69) is 0 Å². The maximum absolute atomic E-state index is 13.6. The van der Waals surface area contributed by atoms with Crippen molar-refractivity contribution in [2.45, 2.75) is 13.8 Å². The van der Waals surface area contributed by atoms with Crippen molar-refractivity contribution in [2.24, 2.45) is 0 Å². The quantitative estimate of drug-likeness (QED) is 0.360. The van der Waals surface area contributed by atoms with E-state index in [4.69, 9.17) is 14.2 Å². The zero-order valence-electron chi connectivity index (χ0n) is 18.6. The fourth-order valence-electron chi connectivity index (χ4n) is 3.57. The maximum Gasteiger partial charge on any atom is 0.459 e. The van der Waals surface area contributed by atoms with E-state index in [0.29, 0.717) is 11.3 Å². The second kappa shape index (κ2) is 9.75. The molecule has 3 rings (SSSR count). The summed E-state index contributed by atoms with van der Waals surface area (Å²) < 4.78 is 29.4. The number of hydrogen-bond donors (Lipinski definition) is 0. The molecule has 3 aromatic carbocycles. The molecule has 3 aromatic rings. The first-order chi connectivity index (χ1) is 15.3. The summed E-state index contributed by atoms with van der Waals surface area (Å²) in [7, 11) is 1.82. The fraction of sp³-hybridized carbons (Fsp3) is 0.200. The number of ether oxygens (including phenoxy) is 3. The van der Waals surface area contributed by atoms with Crippen LogP contribution in [0.3, 0.4) is 0 Å². The van der Waals surface area contributed by atoms with E-state index in [0.717, 1.165) is 11.1 Å². The first-order valence-electron chi connectivity index (χ1n) is 9.85. The Labute approximate surface area is 187 Å². The molecule has 0 saturated heterocycles. The third-order valence-electron chi connectivity index (χ3n) is 5.19. The lowest BCUT2D eigenvalue weighted by Gasteiger charge is -2.14. The number of benzene rings is 3. The zero-order valence-corrected chi connectivity index (χ0v) is 19.5. The Balaban J connectivity index is 2.13.